The van der Waals surface area contributed by atoms with Crippen molar-refractivity contribution >= 4 is 6.09 Å². The summed E-state index contributed by atoms with van der Waals surface area (Å²) >= 11 is 0. The molecule has 0 bridgehead atoms. The van der Waals surface area contributed by atoms with E-state index in [2.05, 4.69) is 10.9 Å². The van der Waals surface area contributed by atoms with Crippen LogP contribution in [0.1, 0.15) is 27.7 Å². The molecular weight excluding hydrogens is 144 g/mol. The van der Waals surface area contributed by atoms with E-state index in [0.29, 0.717) is 0 Å². The quantitative estimate of drug-likeness (QED) is 0.606. The number of nitrogens with one attached hydrogen (secondary N) is 2. The Morgan fingerprint density at radius 2 is 1.82 bits per heavy atom. The molecule has 0 aromatic heterocycles. The molecule has 0 aromatic rings. The molecule has 0 radical (unpaired) electrons. The highest BCUT2D eigenvalue weighted by atomic mass is 16.6. The SMILES string of the molecule is CC(C)NNC(=O)OC(C)C. The van der Waals surface area contributed by atoms with Crippen molar-refractivity contribution in [3.8, 4) is 0 Å². The number of hydrazine groups is 1. The zero-order valence-electron chi connectivity index (χ0n) is 7.47. The molecule has 0 saturated heterocycles. The Labute approximate surface area is 67.3 Å². The molecule has 0 unspecified atom stereocenters. The van der Waals surface area contributed by atoms with Crippen LogP contribution in [0.5, 0.6) is 0 Å². The van der Waals surface area contributed by atoms with E-state index in [4.69, 9.17) is 4.74 Å². The maximum absolute atomic E-state index is 10.8. The molecular formula is C7H16N2O2. The molecule has 0 aromatic carbocycles. The Morgan fingerprint density at radius 1 is 1.27 bits per heavy atom. The monoisotopic (exact) mass is 160 g/mol. The predicted molar refractivity (Wildman–Crippen MR) is 43.0 cm³/mol. The average molecular weight is 160 g/mol. The van der Waals surface area contributed by atoms with Crippen molar-refractivity contribution in [1.82, 2.24) is 10.9 Å². The van der Waals surface area contributed by atoms with Gasteiger partial charge >= 0.3 is 6.09 Å². The van der Waals surface area contributed by atoms with Gasteiger partial charge in [0.15, 0.2) is 0 Å². The molecule has 0 aliphatic carbocycles. The van der Waals surface area contributed by atoms with Crippen molar-refractivity contribution in [2.75, 3.05) is 0 Å². The van der Waals surface area contributed by atoms with Gasteiger partial charge in [-0.25, -0.2) is 10.2 Å². The van der Waals surface area contributed by atoms with Gasteiger partial charge in [0.05, 0.1) is 6.10 Å². The first-order valence-corrected chi connectivity index (χ1v) is 3.74. The lowest BCUT2D eigenvalue weighted by Crippen LogP contribution is -2.42. The lowest BCUT2D eigenvalue weighted by atomic mass is 10.4. The van der Waals surface area contributed by atoms with Crippen LogP contribution in [0.15, 0.2) is 0 Å². The number of carbonyl (C=O) groups excluding carboxylic acids is 1. The Bertz CT molecular complexity index is 124. The van der Waals surface area contributed by atoms with Crippen LogP contribution in [0.4, 0.5) is 4.79 Å². The van der Waals surface area contributed by atoms with Gasteiger partial charge in [-0.15, -0.1) is 0 Å². The fourth-order valence-corrected chi connectivity index (χ4v) is 0.447. The molecule has 4 nitrogen and oxygen atoms in total. The Kier molecular flexibility index (Phi) is 4.61. The summed E-state index contributed by atoms with van der Waals surface area (Å²) in [6.07, 6.45) is -0.516. The molecule has 1 amide bonds. The van der Waals surface area contributed by atoms with Crippen LogP contribution in [0.2, 0.25) is 0 Å². The van der Waals surface area contributed by atoms with Crippen molar-refractivity contribution in [2.24, 2.45) is 0 Å². The van der Waals surface area contributed by atoms with Crippen LogP contribution in [-0.2, 0) is 4.74 Å². The van der Waals surface area contributed by atoms with Crippen molar-refractivity contribution < 1.29 is 9.53 Å². The number of hydrogen-bond acceptors (Lipinski definition) is 3. The Balaban J connectivity index is 3.38. The maximum Gasteiger partial charge on any atom is 0.421 e. The molecule has 0 rings (SSSR count). The summed E-state index contributed by atoms with van der Waals surface area (Å²) in [5, 5.41) is 0. The minimum absolute atomic E-state index is 0.0797. The third-order valence-electron chi connectivity index (χ3n) is 0.806. The van der Waals surface area contributed by atoms with Crippen molar-refractivity contribution in [3.05, 3.63) is 0 Å². The molecule has 0 aliphatic rings. The molecule has 2 N–H and O–H groups in total. The highest BCUT2D eigenvalue weighted by molar-refractivity contribution is 5.66. The smallest absolute Gasteiger partial charge is 0.421 e. The standard InChI is InChI=1S/C7H16N2O2/c1-5(2)8-9-7(10)11-6(3)4/h5-6,8H,1-4H3,(H,9,10). The van der Waals surface area contributed by atoms with Crippen molar-refractivity contribution in [3.63, 3.8) is 0 Å². The summed E-state index contributed by atoms with van der Waals surface area (Å²) in [4.78, 5) is 10.8. The summed E-state index contributed by atoms with van der Waals surface area (Å²) < 4.78 is 4.79. The molecule has 0 atom stereocenters. The molecule has 4 heteroatoms. The van der Waals surface area contributed by atoms with E-state index in [0.717, 1.165) is 0 Å². The van der Waals surface area contributed by atoms with Crippen molar-refractivity contribution in [1.29, 1.82) is 0 Å². The van der Waals surface area contributed by atoms with Gasteiger partial charge in [-0.2, -0.15) is 0 Å². The van der Waals surface area contributed by atoms with Crippen LogP contribution in [0.3, 0.4) is 0 Å². The lowest BCUT2D eigenvalue weighted by Gasteiger charge is -2.11. The first kappa shape index (κ1) is 10.2. The minimum Gasteiger partial charge on any atom is -0.446 e. The molecule has 0 spiro atoms. The van der Waals surface area contributed by atoms with Crippen LogP contribution < -0.4 is 10.9 Å². The van der Waals surface area contributed by atoms with Gasteiger partial charge in [0.25, 0.3) is 0 Å². The second-order valence-corrected chi connectivity index (χ2v) is 2.88. The van der Waals surface area contributed by atoms with Gasteiger partial charge in [-0.3, -0.25) is 5.43 Å². The predicted octanol–water partition coefficient (Wildman–Crippen LogP) is 1.03. The number of ether oxygens (including phenoxy) is 1. The number of carbonyl (C=O) groups is 1. The van der Waals surface area contributed by atoms with Crippen LogP contribution in [-0.4, -0.2) is 18.2 Å². The van der Waals surface area contributed by atoms with E-state index in [9.17, 15) is 4.79 Å². The van der Waals surface area contributed by atoms with Gasteiger partial charge in [-0.05, 0) is 27.7 Å². The summed E-state index contributed by atoms with van der Waals surface area (Å²) in [6, 6.07) is 0.217. The van der Waals surface area contributed by atoms with E-state index >= 15 is 0 Å². The average Bonchev–Trinajstić information content (AvgIpc) is 1.82. The van der Waals surface area contributed by atoms with Gasteiger partial charge in [0.1, 0.15) is 0 Å². The first-order valence-electron chi connectivity index (χ1n) is 3.74. The third-order valence-corrected chi connectivity index (χ3v) is 0.806. The fraction of sp³-hybridized carbons (Fsp3) is 0.857. The van der Waals surface area contributed by atoms with Gasteiger partial charge in [0, 0.05) is 6.04 Å². The van der Waals surface area contributed by atoms with E-state index in [-0.39, 0.29) is 12.1 Å². The molecule has 66 valence electrons. The second kappa shape index (κ2) is 4.96. The summed E-state index contributed by atoms with van der Waals surface area (Å²) in [5.74, 6) is 0. The summed E-state index contributed by atoms with van der Waals surface area (Å²) in [5.41, 5.74) is 5.13. The van der Waals surface area contributed by atoms with Crippen LogP contribution in [0, 0.1) is 0 Å². The fourth-order valence-electron chi connectivity index (χ4n) is 0.447. The molecule has 0 saturated carbocycles. The highest BCUT2D eigenvalue weighted by Gasteiger charge is 2.03. The second-order valence-electron chi connectivity index (χ2n) is 2.88. The minimum atomic E-state index is -0.436. The highest BCUT2D eigenvalue weighted by Crippen LogP contribution is 1.86. The summed E-state index contributed by atoms with van der Waals surface area (Å²) in [7, 11) is 0. The number of hydrogen-bond donors (Lipinski definition) is 2. The molecule has 0 aliphatic heterocycles. The molecule has 0 heterocycles. The van der Waals surface area contributed by atoms with Crippen LogP contribution >= 0.6 is 0 Å². The zero-order chi connectivity index (χ0) is 8.85. The largest absolute Gasteiger partial charge is 0.446 e. The van der Waals surface area contributed by atoms with E-state index in [1.54, 1.807) is 13.8 Å². The number of amides is 1. The summed E-state index contributed by atoms with van der Waals surface area (Å²) in [6.45, 7) is 7.45. The molecule has 11 heavy (non-hydrogen) atoms. The molecule has 0 fully saturated rings. The maximum atomic E-state index is 10.8. The Morgan fingerprint density at radius 3 is 2.18 bits per heavy atom. The first-order chi connectivity index (χ1) is 5.02. The van der Waals surface area contributed by atoms with Gasteiger partial charge in [-0.1, -0.05) is 0 Å². The van der Waals surface area contributed by atoms with E-state index in [1.165, 1.54) is 0 Å². The van der Waals surface area contributed by atoms with Gasteiger partial charge in [0.2, 0.25) is 0 Å². The topological polar surface area (TPSA) is 50.4 Å². The Hall–Kier alpha value is -0.770. The van der Waals surface area contributed by atoms with Crippen molar-refractivity contribution in [2.45, 2.75) is 39.8 Å². The normalized spacial score (nSPS) is 10.4. The number of rotatable bonds is 3. The zero-order valence-corrected chi connectivity index (χ0v) is 7.47. The third kappa shape index (κ3) is 7.12. The van der Waals surface area contributed by atoms with Gasteiger partial charge < -0.3 is 4.74 Å². The van der Waals surface area contributed by atoms with E-state index in [1.807, 2.05) is 13.8 Å². The lowest BCUT2D eigenvalue weighted by molar-refractivity contribution is 0.110. The van der Waals surface area contributed by atoms with E-state index < -0.39 is 6.09 Å². The van der Waals surface area contributed by atoms with Crippen LogP contribution in [0.25, 0.3) is 0 Å².